The summed E-state index contributed by atoms with van der Waals surface area (Å²) < 4.78 is 0. The molecule has 5 heteroatoms. The Morgan fingerprint density at radius 1 is 1.38 bits per heavy atom. The molecule has 1 aromatic heterocycles. The molecule has 6 N–H and O–H groups in total. The lowest BCUT2D eigenvalue weighted by atomic mass is 10.0. The van der Waals surface area contributed by atoms with Gasteiger partial charge >= 0.3 is 5.97 Å². The van der Waals surface area contributed by atoms with Gasteiger partial charge in [0.1, 0.15) is 0 Å². The number of fused-ring (bicyclic) bond motifs is 1. The topological polar surface area (TPSA) is 105 Å². The standard InChI is InChI=1S/C11H13N3O2/c12-11(13,10(15)16)5-7-6-14-9-4-2-1-3-8(7)9/h1-4,6,14H,5,12-13H2,(H,15,16). The van der Waals surface area contributed by atoms with Gasteiger partial charge in [-0.05, 0) is 11.6 Å². The Kier molecular flexibility index (Phi) is 2.41. The van der Waals surface area contributed by atoms with Crippen LogP contribution in [0.1, 0.15) is 5.56 Å². The molecule has 0 spiro atoms. The van der Waals surface area contributed by atoms with Crippen LogP contribution in [0.3, 0.4) is 0 Å². The zero-order chi connectivity index (χ0) is 11.8. The van der Waals surface area contributed by atoms with Crippen LogP contribution in [-0.4, -0.2) is 21.7 Å². The second-order valence-electron chi connectivity index (χ2n) is 3.88. The normalized spacial score (nSPS) is 11.9. The highest BCUT2D eigenvalue weighted by molar-refractivity contribution is 5.85. The van der Waals surface area contributed by atoms with Crippen molar-refractivity contribution in [2.24, 2.45) is 11.5 Å². The van der Waals surface area contributed by atoms with E-state index in [-0.39, 0.29) is 6.42 Å². The van der Waals surface area contributed by atoms with Crippen LogP contribution in [-0.2, 0) is 11.2 Å². The van der Waals surface area contributed by atoms with E-state index in [9.17, 15) is 4.79 Å². The lowest BCUT2D eigenvalue weighted by Crippen LogP contribution is -2.58. The fraction of sp³-hybridized carbons (Fsp3) is 0.182. The fourth-order valence-electron chi connectivity index (χ4n) is 1.67. The van der Waals surface area contributed by atoms with E-state index in [1.165, 1.54) is 0 Å². The van der Waals surface area contributed by atoms with Gasteiger partial charge in [0.2, 0.25) is 0 Å². The first kappa shape index (κ1) is 10.7. The van der Waals surface area contributed by atoms with Crippen molar-refractivity contribution >= 4 is 16.9 Å². The Morgan fingerprint density at radius 3 is 2.75 bits per heavy atom. The van der Waals surface area contributed by atoms with Gasteiger partial charge in [-0.3, -0.25) is 0 Å². The summed E-state index contributed by atoms with van der Waals surface area (Å²) in [5.74, 6) is -1.21. The van der Waals surface area contributed by atoms with Gasteiger partial charge in [-0.2, -0.15) is 0 Å². The average molecular weight is 219 g/mol. The number of carbonyl (C=O) groups is 1. The van der Waals surface area contributed by atoms with E-state index in [4.69, 9.17) is 16.6 Å². The summed E-state index contributed by atoms with van der Waals surface area (Å²) in [6.45, 7) is 0. The zero-order valence-electron chi connectivity index (χ0n) is 8.60. The number of carboxylic acids is 1. The number of hydrogen-bond donors (Lipinski definition) is 4. The molecule has 16 heavy (non-hydrogen) atoms. The average Bonchev–Trinajstić information content (AvgIpc) is 2.61. The van der Waals surface area contributed by atoms with Crippen molar-refractivity contribution < 1.29 is 9.90 Å². The summed E-state index contributed by atoms with van der Waals surface area (Å²) in [5.41, 5.74) is 11.0. The first-order chi connectivity index (χ1) is 7.50. The van der Waals surface area contributed by atoms with E-state index < -0.39 is 11.6 Å². The molecule has 1 heterocycles. The molecule has 5 nitrogen and oxygen atoms in total. The molecular formula is C11H13N3O2. The van der Waals surface area contributed by atoms with Crippen molar-refractivity contribution in [3.8, 4) is 0 Å². The molecule has 0 aliphatic heterocycles. The quantitative estimate of drug-likeness (QED) is 0.561. The summed E-state index contributed by atoms with van der Waals surface area (Å²) in [6.07, 6.45) is 1.83. The van der Waals surface area contributed by atoms with Gasteiger partial charge in [0, 0.05) is 23.5 Å². The van der Waals surface area contributed by atoms with Crippen molar-refractivity contribution in [3.63, 3.8) is 0 Å². The number of aromatic amines is 1. The monoisotopic (exact) mass is 219 g/mol. The highest BCUT2D eigenvalue weighted by Gasteiger charge is 2.29. The third-order valence-corrected chi connectivity index (χ3v) is 2.56. The van der Waals surface area contributed by atoms with E-state index in [1.54, 1.807) is 6.20 Å². The van der Waals surface area contributed by atoms with Crippen LogP contribution in [0, 0.1) is 0 Å². The molecule has 0 atom stereocenters. The minimum atomic E-state index is -1.73. The number of carboxylic acid groups (broad SMARTS) is 1. The Morgan fingerprint density at radius 2 is 2.06 bits per heavy atom. The second-order valence-corrected chi connectivity index (χ2v) is 3.88. The van der Waals surface area contributed by atoms with Gasteiger partial charge in [-0.25, -0.2) is 4.79 Å². The second kappa shape index (κ2) is 3.62. The predicted molar refractivity (Wildman–Crippen MR) is 60.7 cm³/mol. The van der Waals surface area contributed by atoms with Crippen LogP contribution < -0.4 is 11.5 Å². The Labute approximate surface area is 92.1 Å². The van der Waals surface area contributed by atoms with Crippen LogP contribution in [0.4, 0.5) is 0 Å². The number of aliphatic carboxylic acids is 1. The number of hydrogen-bond acceptors (Lipinski definition) is 3. The number of para-hydroxylation sites is 1. The first-order valence-electron chi connectivity index (χ1n) is 4.87. The maximum absolute atomic E-state index is 10.8. The SMILES string of the molecule is NC(N)(Cc1c[nH]c2ccccc12)C(=O)O. The van der Waals surface area contributed by atoms with Crippen LogP contribution in [0.2, 0.25) is 0 Å². The largest absolute Gasteiger partial charge is 0.479 e. The van der Waals surface area contributed by atoms with Crippen LogP contribution >= 0.6 is 0 Å². The van der Waals surface area contributed by atoms with Crippen LogP contribution in [0.5, 0.6) is 0 Å². The fourth-order valence-corrected chi connectivity index (χ4v) is 1.67. The van der Waals surface area contributed by atoms with Crippen molar-refractivity contribution in [2.75, 3.05) is 0 Å². The van der Waals surface area contributed by atoms with Crippen molar-refractivity contribution in [2.45, 2.75) is 12.1 Å². The number of H-pyrrole nitrogens is 1. The molecule has 0 aliphatic carbocycles. The first-order valence-corrected chi connectivity index (χ1v) is 4.87. The molecule has 0 saturated carbocycles. The molecule has 0 fully saturated rings. The highest BCUT2D eigenvalue weighted by Crippen LogP contribution is 2.20. The predicted octanol–water partition coefficient (Wildman–Crippen LogP) is 0.409. The Balaban J connectivity index is 2.38. The van der Waals surface area contributed by atoms with Crippen LogP contribution in [0.25, 0.3) is 10.9 Å². The molecule has 0 amide bonds. The number of aromatic nitrogens is 1. The molecule has 2 rings (SSSR count). The van der Waals surface area contributed by atoms with E-state index in [2.05, 4.69) is 4.98 Å². The van der Waals surface area contributed by atoms with Crippen molar-refractivity contribution in [1.29, 1.82) is 0 Å². The van der Waals surface area contributed by atoms with Crippen molar-refractivity contribution in [3.05, 3.63) is 36.0 Å². The highest BCUT2D eigenvalue weighted by atomic mass is 16.4. The molecular weight excluding hydrogens is 206 g/mol. The van der Waals surface area contributed by atoms with Gasteiger partial charge in [0.05, 0.1) is 0 Å². The van der Waals surface area contributed by atoms with E-state index in [1.807, 2.05) is 24.3 Å². The molecule has 0 unspecified atom stereocenters. The number of benzene rings is 1. The van der Waals surface area contributed by atoms with Crippen molar-refractivity contribution in [1.82, 2.24) is 4.98 Å². The zero-order valence-corrected chi connectivity index (χ0v) is 8.60. The van der Waals surface area contributed by atoms with Gasteiger partial charge in [-0.1, -0.05) is 18.2 Å². The smallest absolute Gasteiger partial charge is 0.338 e. The Bertz CT molecular complexity index is 531. The maximum Gasteiger partial charge on any atom is 0.338 e. The summed E-state index contributed by atoms with van der Waals surface area (Å²) in [5, 5.41) is 9.80. The molecule has 1 aromatic carbocycles. The van der Waals surface area contributed by atoms with Gasteiger partial charge in [0.15, 0.2) is 5.66 Å². The molecule has 0 radical (unpaired) electrons. The number of rotatable bonds is 3. The molecule has 0 aliphatic rings. The summed E-state index contributed by atoms with van der Waals surface area (Å²) >= 11 is 0. The molecule has 84 valence electrons. The van der Waals surface area contributed by atoms with Crippen LogP contribution in [0.15, 0.2) is 30.5 Å². The molecule has 0 saturated heterocycles. The third kappa shape index (κ3) is 1.78. The third-order valence-electron chi connectivity index (χ3n) is 2.56. The minimum absolute atomic E-state index is 0.0896. The Hall–Kier alpha value is -1.85. The summed E-state index contributed by atoms with van der Waals surface area (Å²) in [4.78, 5) is 13.9. The maximum atomic E-state index is 10.8. The van der Waals surface area contributed by atoms with E-state index in [0.29, 0.717) is 0 Å². The molecule has 0 bridgehead atoms. The number of nitrogens with two attached hydrogens (primary N) is 2. The van der Waals surface area contributed by atoms with Gasteiger partial charge in [0.25, 0.3) is 0 Å². The van der Waals surface area contributed by atoms with Gasteiger partial charge in [-0.15, -0.1) is 0 Å². The summed E-state index contributed by atoms with van der Waals surface area (Å²) in [6, 6.07) is 7.60. The summed E-state index contributed by atoms with van der Waals surface area (Å²) in [7, 11) is 0. The molecule has 2 aromatic rings. The number of nitrogens with one attached hydrogen (secondary N) is 1. The minimum Gasteiger partial charge on any atom is -0.479 e. The van der Waals surface area contributed by atoms with E-state index in [0.717, 1.165) is 16.5 Å². The van der Waals surface area contributed by atoms with E-state index >= 15 is 0 Å². The lowest BCUT2D eigenvalue weighted by molar-refractivity contribution is -0.143. The lowest BCUT2D eigenvalue weighted by Gasteiger charge is -2.18. The van der Waals surface area contributed by atoms with Gasteiger partial charge < -0.3 is 21.6 Å².